The molecule has 132 valence electrons. The standard InChI is InChI=1S/C22H24N4/c1-15-8-9-20(16(2)12-15)25-21-13-22(24-17(3)23-21)26-11-10-18-6-4-5-7-19(18)14-26/h4-9,12-13H,10-11,14H2,1-3H3,(H,23,24,25). The summed E-state index contributed by atoms with van der Waals surface area (Å²) in [4.78, 5) is 11.6. The van der Waals surface area contributed by atoms with Gasteiger partial charge in [-0.05, 0) is 49.9 Å². The van der Waals surface area contributed by atoms with Crippen LogP contribution in [0, 0.1) is 20.8 Å². The third-order valence-corrected chi connectivity index (χ3v) is 4.92. The van der Waals surface area contributed by atoms with Crippen molar-refractivity contribution in [3.8, 4) is 0 Å². The maximum atomic E-state index is 4.68. The molecule has 0 atom stereocenters. The Morgan fingerprint density at radius 1 is 0.923 bits per heavy atom. The summed E-state index contributed by atoms with van der Waals surface area (Å²) in [5.41, 5.74) is 6.40. The lowest BCUT2D eigenvalue weighted by Gasteiger charge is -2.30. The third kappa shape index (κ3) is 3.40. The minimum atomic E-state index is 0.786. The number of nitrogens with zero attached hydrogens (tertiary/aromatic N) is 3. The van der Waals surface area contributed by atoms with Crippen molar-refractivity contribution < 1.29 is 0 Å². The fourth-order valence-electron chi connectivity index (χ4n) is 3.56. The number of anilines is 3. The molecular formula is C22H24N4. The van der Waals surface area contributed by atoms with E-state index in [1.54, 1.807) is 0 Å². The van der Waals surface area contributed by atoms with Gasteiger partial charge in [-0.15, -0.1) is 0 Å². The van der Waals surface area contributed by atoms with Gasteiger partial charge in [0.2, 0.25) is 0 Å². The van der Waals surface area contributed by atoms with Crippen molar-refractivity contribution >= 4 is 17.3 Å². The van der Waals surface area contributed by atoms with E-state index in [1.807, 2.05) is 6.92 Å². The SMILES string of the molecule is Cc1ccc(Nc2cc(N3CCc4ccccc4C3)nc(C)n2)c(C)c1. The Morgan fingerprint density at radius 3 is 2.54 bits per heavy atom. The molecule has 1 aliphatic heterocycles. The minimum Gasteiger partial charge on any atom is -0.352 e. The number of fused-ring (bicyclic) bond motifs is 1. The zero-order valence-electron chi connectivity index (χ0n) is 15.6. The molecule has 2 aromatic carbocycles. The van der Waals surface area contributed by atoms with Crippen LogP contribution in [-0.4, -0.2) is 16.5 Å². The molecule has 0 amide bonds. The van der Waals surface area contributed by atoms with Gasteiger partial charge >= 0.3 is 0 Å². The van der Waals surface area contributed by atoms with Gasteiger partial charge in [-0.3, -0.25) is 0 Å². The molecule has 1 aliphatic rings. The molecule has 0 fully saturated rings. The zero-order chi connectivity index (χ0) is 18.1. The smallest absolute Gasteiger partial charge is 0.136 e. The number of benzene rings is 2. The van der Waals surface area contributed by atoms with E-state index in [4.69, 9.17) is 0 Å². The molecule has 4 nitrogen and oxygen atoms in total. The predicted octanol–water partition coefficient (Wildman–Crippen LogP) is 4.71. The quantitative estimate of drug-likeness (QED) is 0.747. The summed E-state index contributed by atoms with van der Waals surface area (Å²) in [6.07, 6.45) is 1.05. The highest BCUT2D eigenvalue weighted by molar-refractivity contribution is 5.63. The molecule has 0 saturated heterocycles. The second-order valence-electron chi connectivity index (χ2n) is 7.04. The van der Waals surface area contributed by atoms with Crippen LogP contribution in [0.5, 0.6) is 0 Å². The number of rotatable bonds is 3. The van der Waals surface area contributed by atoms with Crippen LogP contribution >= 0.6 is 0 Å². The van der Waals surface area contributed by atoms with Gasteiger partial charge in [0.25, 0.3) is 0 Å². The van der Waals surface area contributed by atoms with Crippen LogP contribution < -0.4 is 10.2 Å². The average Bonchev–Trinajstić information content (AvgIpc) is 2.63. The predicted molar refractivity (Wildman–Crippen MR) is 107 cm³/mol. The Balaban J connectivity index is 1.61. The van der Waals surface area contributed by atoms with Gasteiger partial charge < -0.3 is 10.2 Å². The highest BCUT2D eigenvalue weighted by Gasteiger charge is 2.18. The Kier molecular flexibility index (Phi) is 4.33. The van der Waals surface area contributed by atoms with Gasteiger partial charge in [0.05, 0.1) is 0 Å². The molecular weight excluding hydrogens is 320 g/mol. The summed E-state index contributed by atoms with van der Waals surface area (Å²) in [5, 5.41) is 3.46. The van der Waals surface area contributed by atoms with Crippen LogP contribution in [0.25, 0.3) is 0 Å². The molecule has 0 bridgehead atoms. The second kappa shape index (κ2) is 6.79. The first kappa shape index (κ1) is 16.6. The summed E-state index contributed by atoms with van der Waals surface area (Å²) < 4.78 is 0. The van der Waals surface area contributed by atoms with Crippen LogP contribution in [0.4, 0.5) is 17.3 Å². The highest BCUT2D eigenvalue weighted by atomic mass is 15.2. The lowest BCUT2D eigenvalue weighted by molar-refractivity contribution is 0.717. The number of hydrogen-bond donors (Lipinski definition) is 1. The molecule has 0 spiro atoms. The Bertz CT molecular complexity index is 949. The van der Waals surface area contributed by atoms with Crippen LogP contribution in [-0.2, 0) is 13.0 Å². The van der Waals surface area contributed by atoms with Crippen molar-refractivity contribution in [2.24, 2.45) is 0 Å². The lowest BCUT2D eigenvalue weighted by Crippen LogP contribution is -2.31. The molecule has 26 heavy (non-hydrogen) atoms. The van der Waals surface area contributed by atoms with Crippen molar-refractivity contribution in [3.63, 3.8) is 0 Å². The maximum absolute atomic E-state index is 4.68. The molecule has 0 radical (unpaired) electrons. The number of aryl methyl sites for hydroxylation is 3. The summed E-state index contributed by atoms with van der Waals surface area (Å²) >= 11 is 0. The largest absolute Gasteiger partial charge is 0.352 e. The van der Waals surface area contributed by atoms with E-state index in [-0.39, 0.29) is 0 Å². The van der Waals surface area contributed by atoms with Gasteiger partial charge in [-0.2, -0.15) is 0 Å². The monoisotopic (exact) mass is 344 g/mol. The molecule has 3 aromatic rings. The van der Waals surface area contributed by atoms with E-state index in [1.165, 1.54) is 22.3 Å². The van der Waals surface area contributed by atoms with Gasteiger partial charge in [0.1, 0.15) is 17.5 Å². The third-order valence-electron chi connectivity index (χ3n) is 4.92. The van der Waals surface area contributed by atoms with Crippen LogP contribution in [0.1, 0.15) is 28.1 Å². The van der Waals surface area contributed by atoms with Crippen LogP contribution in [0.15, 0.2) is 48.5 Å². The Hall–Kier alpha value is -2.88. The number of hydrogen-bond acceptors (Lipinski definition) is 4. The van der Waals surface area contributed by atoms with Crippen LogP contribution in [0.2, 0.25) is 0 Å². The Labute approximate surface area is 154 Å². The fourth-order valence-corrected chi connectivity index (χ4v) is 3.56. The first-order valence-electron chi connectivity index (χ1n) is 9.10. The average molecular weight is 344 g/mol. The number of aromatic nitrogens is 2. The zero-order valence-corrected chi connectivity index (χ0v) is 15.6. The van der Waals surface area contributed by atoms with Gasteiger partial charge in [-0.1, -0.05) is 42.0 Å². The molecule has 1 aromatic heterocycles. The Morgan fingerprint density at radius 2 is 1.73 bits per heavy atom. The highest BCUT2D eigenvalue weighted by Crippen LogP contribution is 2.26. The van der Waals surface area contributed by atoms with Gasteiger partial charge in [0.15, 0.2) is 0 Å². The van der Waals surface area contributed by atoms with E-state index in [9.17, 15) is 0 Å². The van der Waals surface area contributed by atoms with E-state index >= 15 is 0 Å². The van der Waals surface area contributed by atoms with E-state index in [2.05, 4.69) is 82.6 Å². The van der Waals surface area contributed by atoms with E-state index in [0.29, 0.717) is 0 Å². The van der Waals surface area contributed by atoms with Crippen LogP contribution in [0.3, 0.4) is 0 Å². The normalized spacial score (nSPS) is 13.4. The summed E-state index contributed by atoms with van der Waals surface area (Å²) in [5.74, 6) is 2.62. The van der Waals surface area contributed by atoms with E-state index < -0.39 is 0 Å². The van der Waals surface area contributed by atoms with E-state index in [0.717, 1.165) is 42.7 Å². The van der Waals surface area contributed by atoms with Crippen molar-refractivity contribution in [1.29, 1.82) is 0 Å². The maximum Gasteiger partial charge on any atom is 0.136 e. The molecule has 4 rings (SSSR count). The summed E-state index contributed by atoms with van der Waals surface area (Å²) in [6.45, 7) is 8.06. The molecule has 0 saturated carbocycles. The second-order valence-corrected chi connectivity index (χ2v) is 7.04. The lowest BCUT2D eigenvalue weighted by atomic mass is 10.00. The van der Waals surface area contributed by atoms with Crippen molar-refractivity contribution in [3.05, 3.63) is 76.6 Å². The number of nitrogens with one attached hydrogen (secondary N) is 1. The van der Waals surface area contributed by atoms with Crippen molar-refractivity contribution in [2.45, 2.75) is 33.7 Å². The molecule has 0 unspecified atom stereocenters. The van der Waals surface area contributed by atoms with Gasteiger partial charge in [-0.25, -0.2) is 9.97 Å². The molecule has 0 aliphatic carbocycles. The van der Waals surface area contributed by atoms with Crippen molar-refractivity contribution in [2.75, 3.05) is 16.8 Å². The summed E-state index contributed by atoms with van der Waals surface area (Å²) in [6, 6.07) is 17.1. The van der Waals surface area contributed by atoms with Crippen molar-refractivity contribution in [1.82, 2.24) is 9.97 Å². The first-order chi connectivity index (χ1) is 12.6. The molecule has 2 heterocycles. The topological polar surface area (TPSA) is 41.0 Å². The van der Waals surface area contributed by atoms with Gasteiger partial charge in [0, 0.05) is 24.8 Å². The fraction of sp³-hybridized carbons (Fsp3) is 0.273. The minimum absolute atomic E-state index is 0.786. The summed E-state index contributed by atoms with van der Waals surface area (Å²) in [7, 11) is 0. The molecule has 4 heteroatoms. The first-order valence-corrected chi connectivity index (χ1v) is 9.10. The molecule has 1 N–H and O–H groups in total.